The zero-order valence-electron chi connectivity index (χ0n) is 16.3. The van der Waals surface area contributed by atoms with E-state index >= 15 is 0 Å². The molecule has 1 nitrogen and oxygen atoms in total. The fraction of sp³-hybridized carbons (Fsp3) is 0.739. The van der Waals surface area contributed by atoms with Crippen LogP contribution in [-0.2, 0) is 4.74 Å². The summed E-state index contributed by atoms with van der Waals surface area (Å²) in [6.45, 7) is 10.4. The van der Waals surface area contributed by atoms with Gasteiger partial charge in [-0.25, -0.2) is 0 Å². The van der Waals surface area contributed by atoms with E-state index in [0.717, 1.165) is 30.8 Å². The first-order chi connectivity index (χ1) is 11.9. The standard InChI is InChI=1S/C23H33IO/c1-5-15-13-17-18-7-8-21(24)23(18,4)12-10-19(17)22(3)11-9-16(25-6-2)14-20(15)22/h8,14,17-19H,5-7,9-13H2,1-4H3/t17-,18-,19-,22+,23-/m0/s1. The van der Waals surface area contributed by atoms with Gasteiger partial charge in [-0.3, -0.25) is 0 Å². The number of fused-ring (bicyclic) bond motifs is 5. The van der Waals surface area contributed by atoms with Gasteiger partial charge in [-0.1, -0.05) is 32.4 Å². The summed E-state index contributed by atoms with van der Waals surface area (Å²) in [5, 5.41) is 0. The van der Waals surface area contributed by atoms with Crippen LogP contribution in [-0.4, -0.2) is 6.61 Å². The summed E-state index contributed by atoms with van der Waals surface area (Å²) in [6, 6.07) is 0. The predicted molar refractivity (Wildman–Crippen MR) is 114 cm³/mol. The van der Waals surface area contributed by atoms with Gasteiger partial charge in [0.15, 0.2) is 0 Å². The Hall–Kier alpha value is -0.250. The molecule has 0 spiro atoms. The molecule has 0 bridgehead atoms. The summed E-state index contributed by atoms with van der Waals surface area (Å²) in [7, 11) is 0. The molecule has 0 aliphatic heterocycles. The van der Waals surface area contributed by atoms with Crippen LogP contribution < -0.4 is 0 Å². The van der Waals surface area contributed by atoms with Crippen LogP contribution in [0.15, 0.2) is 32.6 Å². The average molecular weight is 452 g/mol. The molecule has 0 radical (unpaired) electrons. The second-order valence-electron chi connectivity index (χ2n) is 9.16. The number of halogens is 1. The van der Waals surface area contributed by atoms with E-state index in [2.05, 4.69) is 62.4 Å². The minimum atomic E-state index is 0.379. The van der Waals surface area contributed by atoms with E-state index in [9.17, 15) is 0 Å². The summed E-state index contributed by atoms with van der Waals surface area (Å²) in [4.78, 5) is 0. The van der Waals surface area contributed by atoms with Crippen molar-refractivity contribution in [1.82, 2.24) is 0 Å². The lowest BCUT2D eigenvalue weighted by Crippen LogP contribution is -2.49. The van der Waals surface area contributed by atoms with E-state index in [1.165, 1.54) is 44.3 Å². The topological polar surface area (TPSA) is 9.23 Å². The Balaban J connectivity index is 1.74. The van der Waals surface area contributed by atoms with Crippen LogP contribution in [0.3, 0.4) is 0 Å². The van der Waals surface area contributed by atoms with Gasteiger partial charge in [0.05, 0.1) is 12.4 Å². The van der Waals surface area contributed by atoms with Gasteiger partial charge in [-0.05, 0) is 106 Å². The molecule has 0 N–H and O–H groups in total. The highest BCUT2D eigenvalue weighted by Crippen LogP contribution is 2.66. The van der Waals surface area contributed by atoms with Gasteiger partial charge in [0.1, 0.15) is 0 Å². The Bertz CT molecular complexity index is 657. The van der Waals surface area contributed by atoms with Crippen molar-refractivity contribution in [2.24, 2.45) is 28.6 Å². The molecule has 2 heteroatoms. The SMILES string of the molecule is CCOC1=CC2=C(CC)C[C@@H]3[C@H](CC[C@]4(C)C(I)=CC[C@@H]34)[C@@]2(C)CC1. The Labute approximate surface area is 167 Å². The van der Waals surface area contributed by atoms with Gasteiger partial charge in [-0.15, -0.1) is 0 Å². The summed E-state index contributed by atoms with van der Waals surface area (Å²) in [5.74, 6) is 3.85. The fourth-order valence-electron chi connectivity index (χ4n) is 6.71. The lowest BCUT2D eigenvalue weighted by molar-refractivity contribution is -0.0123. The molecule has 4 aliphatic carbocycles. The molecule has 1 fully saturated rings. The van der Waals surface area contributed by atoms with Crippen molar-refractivity contribution in [2.75, 3.05) is 6.61 Å². The zero-order chi connectivity index (χ0) is 17.8. The zero-order valence-corrected chi connectivity index (χ0v) is 18.5. The van der Waals surface area contributed by atoms with Crippen LogP contribution in [0.4, 0.5) is 0 Å². The average Bonchev–Trinajstić information content (AvgIpc) is 2.90. The van der Waals surface area contributed by atoms with E-state index in [-0.39, 0.29) is 0 Å². The Morgan fingerprint density at radius 1 is 1.16 bits per heavy atom. The van der Waals surface area contributed by atoms with Crippen LogP contribution in [0.5, 0.6) is 0 Å². The summed E-state index contributed by atoms with van der Waals surface area (Å²) >= 11 is 2.64. The van der Waals surface area contributed by atoms with E-state index in [4.69, 9.17) is 4.74 Å². The molecule has 138 valence electrons. The van der Waals surface area contributed by atoms with Crippen LogP contribution in [0.1, 0.15) is 72.6 Å². The van der Waals surface area contributed by atoms with Crippen molar-refractivity contribution in [2.45, 2.75) is 72.6 Å². The first-order valence-electron chi connectivity index (χ1n) is 10.4. The molecule has 0 amide bonds. The molecule has 0 aromatic heterocycles. The number of rotatable bonds is 3. The Kier molecular flexibility index (Phi) is 4.66. The van der Waals surface area contributed by atoms with E-state index in [0.29, 0.717) is 10.8 Å². The fourth-order valence-corrected chi connectivity index (χ4v) is 7.64. The Morgan fingerprint density at radius 2 is 1.96 bits per heavy atom. The molecule has 0 saturated heterocycles. The molecule has 25 heavy (non-hydrogen) atoms. The number of ether oxygens (including phenoxy) is 1. The summed E-state index contributed by atoms with van der Waals surface area (Å²) in [5.41, 5.74) is 4.24. The molecule has 4 rings (SSSR count). The second-order valence-corrected chi connectivity index (χ2v) is 10.3. The van der Waals surface area contributed by atoms with Crippen LogP contribution >= 0.6 is 22.6 Å². The van der Waals surface area contributed by atoms with E-state index in [1.54, 1.807) is 14.7 Å². The third-order valence-electron chi connectivity index (χ3n) is 8.17. The lowest BCUT2D eigenvalue weighted by Gasteiger charge is -2.57. The van der Waals surface area contributed by atoms with Crippen LogP contribution in [0.2, 0.25) is 0 Å². The van der Waals surface area contributed by atoms with E-state index in [1.807, 2.05) is 0 Å². The van der Waals surface area contributed by atoms with Gasteiger partial charge in [0.25, 0.3) is 0 Å². The molecule has 5 atom stereocenters. The van der Waals surface area contributed by atoms with Gasteiger partial charge in [0, 0.05) is 11.8 Å². The van der Waals surface area contributed by atoms with E-state index < -0.39 is 0 Å². The van der Waals surface area contributed by atoms with Gasteiger partial charge in [-0.2, -0.15) is 0 Å². The maximum atomic E-state index is 5.92. The highest BCUT2D eigenvalue weighted by molar-refractivity contribution is 14.1. The van der Waals surface area contributed by atoms with Crippen LogP contribution in [0.25, 0.3) is 0 Å². The van der Waals surface area contributed by atoms with Crippen molar-refractivity contribution in [3.63, 3.8) is 0 Å². The predicted octanol–water partition coefficient (Wildman–Crippen LogP) is 7.19. The molecule has 0 unspecified atom stereocenters. The minimum Gasteiger partial charge on any atom is -0.498 e. The summed E-state index contributed by atoms with van der Waals surface area (Å²) < 4.78 is 7.57. The van der Waals surface area contributed by atoms with Gasteiger partial charge < -0.3 is 4.74 Å². The summed E-state index contributed by atoms with van der Waals surface area (Å²) in [6.07, 6.45) is 14.1. The molecular formula is C23H33IO. The van der Waals surface area contributed by atoms with Crippen LogP contribution in [0, 0.1) is 28.6 Å². The number of hydrogen-bond acceptors (Lipinski definition) is 1. The second kappa shape index (κ2) is 6.42. The first kappa shape index (κ1) is 18.1. The number of allylic oxidation sites excluding steroid dienone is 6. The molecule has 0 aromatic carbocycles. The molecular weight excluding hydrogens is 419 g/mol. The maximum absolute atomic E-state index is 5.92. The molecule has 4 aliphatic rings. The molecule has 0 aromatic rings. The van der Waals surface area contributed by atoms with Crippen molar-refractivity contribution >= 4 is 22.6 Å². The first-order valence-corrected chi connectivity index (χ1v) is 11.4. The normalized spacial score (nSPS) is 43.0. The molecule has 0 heterocycles. The van der Waals surface area contributed by atoms with Crippen molar-refractivity contribution in [3.8, 4) is 0 Å². The van der Waals surface area contributed by atoms with Crippen molar-refractivity contribution in [3.05, 3.63) is 32.6 Å². The third kappa shape index (κ3) is 2.60. The van der Waals surface area contributed by atoms with Gasteiger partial charge >= 0.3 is 0 Å². The monoisotopic (exact) mass is 452 g/mol. The largest absolute Gasteiger partial charge is 0.498 e. The lowest BCUT2D eigenvalue weighted by atomic mass is 9.47. The highest BCUT2D eigenvalue weighted by atomic mass is 127. The quantitative estimate of drug-likeness (QED) is 0.412. The Morgan fingerprint density at radius 3 is 2.68 bits per heavy atom. The minimum absolute atomic E-state index is 0.379. The highest BCUT2D eigenvalue weighted by Gasteiger charge is 2.56. The maximum Gasteiger partial charge on any atom is 0.0962 e. The smallest absolute Gasteiger partial charge is 0.0962 e. The third-order valence-corrected chi connectivity index (χ3v) is 9.85. The number of hydrogen-bond donors (Lipinski definition) is 0. The van der Waals surface area contributed by atoms with Crippen molar-refractivity contribution < 1.29 is 4.74 Å². The van der Waals surface area contributed by atoms with Crippen molar-refractivity contribution in [1.29, 1.82) is 0 Å². The van der Waals surface area contributed by atoms with Gasteiger partial charge in [0.2, 0.25) is 0 Å². The molecule has 1 saturated carbocycles.